The number of carbonyl (C=O) groups is 1. The molecule has 0 radical (unpaired) electrons. The number of carbonyl (C=O) groups excluding carboxylic acids is 1. The Morgan fingerprint density at radius 1 is 1.14 bits per heavy atom. The van der Waals surface area contributed by atoms with Gasteiger partial charge in [0.05, 0.1) is 7.11 Å². The fourth-order valence-corrected chi connectivity index (χ4v) is 2.33. The van der Waals surface area contributed by atoms with Gasteiger partial charge in [-0.25, -0.2) is 4.39 Å². The molecule has 0 bridgehead atoms. The van der Waals surface area contributed by atoms with Crippen molar-refractivity contribution in [2.75, 3.05) is 7.11 Å². The van der Waals surface area contributed by atoms with Crippen LogP contribution < -0.4 is 4.74 Å². The average molecular weight is 286 g/mol. The first-order valence-electron chi connectivity index (χ1n) is 6.93. The van der Waals surface area contributed by atoms with Crippen molar-refractivity contribution in [3.8, 4) is 16.9 Å². The first-order chi connectivity index (χ1) is 9.95. The highest BCUT2D eigenvalue weighted by atomic mass is 19.1. The second kappa shape index (κ2) is 6.08. The molecule has 0 saturated carbocycles. The van der Waals surface area contributed by atoms with E-state index in [2.05, 4.69) is 0 Å². The van der Waals surface area contributed by atoms with E-state index in [0.717, 1.165) is 0 Å². The molecule has 2 rings (SSSR count). The summed E-state index contributed by atoms with van der Waals surface area (Å²) in [5.41, 5.74) is 2.12. The van der Waals surface area contributed by atoms with Gasteiger partial charge in [0.25, 0.3) is 0 Å². The summed E-state index contributed by atoms with van der Waals surface area (Å²) in [5, 5.41) is 0. The van der Waals surface area contributed by atoms with Crippen LogP contribution in [0.25, 0.3) is 11.1 Å². The molecule has 0 N–H and O–H groups in total. The molecular formula is C18H19FO2. The molecule has 0 saturated heterocycles. The van der Waals surface area contributed by atoms with Crippen LogP contribution in [0.4, 0.5) is 4.39 Å². The zero-order chi connectivity index (χ0) is 15.6. The standard InChI is InChI=1S/C18H19FO2/c1-11(2)15-9-13(12(3)20)10-16(18(15)19)14-7-5-6-8-17(14)21-4/h5-11H,1-4H3. The van der Waals surface area contributed by atoms with E-state index < -0.39 is 0 Å². The van der Waals surface area contributed by atoms with Crippen molar-refractivity contribution >= 4 is 5.78 Å². The van der Waals surface area contributed by atoms with Crippen LogP contribution in [0.15, 0.2) is 36.4 Å². The zero-order valence-corrected chi connectivity index (χ0v) is 12.7. The molecule has 110 valence electrons. The van der Waals surface area contributed by atoms with Gasteiger partial charge in [0, 0.05) is 16.7 Å². The van der Waals surface area contributed by atoms with E-state index in [1.165, 1.54) is 6.92 Å². The highest BCUT2D eigenvalue weighted by Gasteiger charge is 2.18. The Balaban J connectivity index is 2.75. The quantitative estimate of drug-likeness (QED) is 0.753. The Labute approximate surface area is 124 Å². The third-order valence-electron chi connectivity index (χ3n) is 3.53. The van der Waals surface area contributed by atoms with Crippen molar-refractivity contribution in [1.29, 1.82) is 0 Å². The summed E-state index contributed by atoms with van der Waals surface area (Å²) in [5.74, 6) is 0.220. The van der Waals surface area contributed by atoms with Crippen LogP contribution in [-0.4, -0.2) is 12.9 Å². The summed E-state index contributed by atoms with van der Waals surface area (Å²) in [6.45, 7) is 5.31. The lowest BCUT2D eigenvalue weighted by Crippen LogP contribution is -2.02. The van der Waals surface area contributed by atoms with Crippen LogP contribution in [0.1, 0.15) is 42.6 Å². The third kappa shape index (κ3) is 2.97. The van der Waals surface area contributed by atoms with E-state index in [4.69, 9.17) is 4.74 Å². The molecule has 0 aliphatic carbocycles. The van der Waals surface area contributed by atoms with Crippen molar-refractivity contribution in [2.24, 2.45) is 0 Å². The molecule has 3 heteroatoms. The van der Waals surface area contributed by atoms with E-state index in [-0.39, 0.29) is 17.5 Å². The van der Waals surface area contributed by atoms with Gasteiger partial charge in [0.2, 0.25) is 0 Å². The van der Waals surface area contributed by atoms with E-state index in [1.807, 2.05) is 26.0 Å². The average Bonchev–Trinajstić information content (AvgIpc) is 2.46. The molecule has 0 heterocycles. The maximum atomic E-state index is 14.8. The minimum Gasteiger partial charge on any atom is -0.496 e. The van der Waals surface area contributed by atoms with Gasteiger partial charge in [-0.15, -0.1) is 0 Å². The van der Waals surface area contributed by atoms with E-state index in [1.54, 1.807) is 31.4 Å². The van der Waals surface area contributed by atoms with Crippen molar-refractivity contribution < 1.29 is 13.9 Å². The van der Waals surface area contributed by atoms with Gasteiger partial charge < -0.3 is 4.74 Å². The van der Waals surface area contributed by atoms with Gasteiger partial charge in [-0.3, -0.25) is 4.79 Å². The lowest BCUT2D eigenvalue weighted by atomic mass is 9.92. The first kappa shape index (κ1) is 15.2. The lowest BCUT2D eigenvalue weighted by molar-refractivity contribution is 0.101. The van der Waals surface area contributed by atoms with Crippen molar-refractivity contribution in [3.05, 3.63) is 53.3 Å². The predicted octanol–water partition coefficient (Wildman–Crippen LogP) is 4.83. The van der Waals surface area contributed by atoms with E-state index in [0.29, 0.717) is 28.0 Å². The monoisotopic (exact) mass is 286 g/mol. The molecule has 21 heavy (non-hydrogen) atoms. The minimum absolute atomic E-state index is 0.00208. The Hall–Kier alpha value is -2.16. The molecule has 2 aromatic rings. The molecule has 2 aromatic carbocycles. The summed E-state index contributed by atoms with van der Waals surface area (Å²) in [4.78, 5) is 11.7. The molecule has 0 aliphatic heterocycles. The maximum absolute atomic E-state index is 14.8. The topological polar surface area (TPSA) is 26.3 Å². The Kier molecular flexibility index (Phi) is 4.41. The number of hydrogen-bond donors (Lipinski definition) is 0. The minimum atomic E-state index is -0.292. The highest BCUT2D eigenvalue weighted by Crippen LogP contribution is 2.35. The molecular weight excluding hydrogens is 267 g/mol. The summed E-state index contributed by atoms with van der Waals surface area (Å²) < 4.78 is 20.1. The van der Waals surface area contributed by atoms with Crippen LogP contribution in [0, 0.1) is 5.82 Å². The number of ether oxygens (including phenoxy) is 1. The van der Waals surface area contributed by atoms with Crippen molar-refractivity contribution in [2.45, 2.75) is 26.7 Å². The third-order valence-corrected chi connectivity index (χ3v) is 3.53. The number of halogens is 1. The van der Waals surface area contributed by atoms with Gasteiger partial charge >= 0.3 is 0 Å². The molecule has 0 amide bonds. The number of rotatable bonds is 4. The highest BCUT2D eigenvalue weighted by molar-refractivity contribution is 5.96. The zero-order valence-electron chi connectivity index (χ0n) is 12.7. The van der Waals surface area contributed by atoms with Crippen LogP contribution >= 0.6 is 0 Å². The number of benzene rings is 2. The normalized spacial score (nSPS) is 10.8. The van der Waals surface area contributed by atoms with Crippen LogP contribution in [-0.2, 0) is 0 Å². The molecule has 0 unspecified atom stereocenters. The summed E-state index contributed by atoms with van der Waals surface area (Å²) in [7, 11) is 1.55. The van der Waals surface area contributed by atoms with E-state index in [9.17, 15) is 9.18 Å². The van der Waals surface area contributed by atoms with Crippen molar-refractivity contribution in [1.82, 2.24) is 0 Å². The second-order valence-corrected chi connectivity index (χ2v) is 5.34. The summed E-state index contributed by atoms with van der Waals surface area (Å²) in [6, 6.07) is 10.5. The first-order valence-corrected chi connectivity index (χ1v) is 6.93. The van der Waals surface area contributed by atoms with Gasteiger partial charge in [0.1, 0.15) is 11.6 Å². The summed E-state index contributed by atoms with van der Waals surface area (Å²) in [6.07, 6.45) is 0. The maximum Gasteiger partial charge on any atom is 0.159 e. The number of methoxy groups -OCH3 is 1. The fourth-order valence-electron chi connectivity index (χ4n) is 2.33. The molecule has 0 spiro atoms. The van der Waals surface area contributed by atoms with Crippen molar-refractivity contribution in [3.63, 3.8) is 0 Å². The molecule has 0 fully saturated rings. The van der Waals surface area contributed by atoms with Gasteiger partial charge in [-0.1, -0.05) is 32.0 Å². The molecule has 0 aliphatic rings. The molecule has 2 nitrogen and oxygen atoms in total. The largest absolute Gasteiger partial charge is 0.496 e. The number of para-hydroxylation sites is 1. The van der Waals surface area contributed by atoms with Crippen LogP contribution in [0.5, 0.6) is 5.75 Å². The lowest BCUT2D eigenvalue weighted by Gasteiger charge is -2.15. The second-order valence-electron chi connectivity index (χ2n) is 5.34. The number of ketones is 1. The Morgan fingerprint density at radius 2 is 1.81 bits per heavy atom. The Morgan fingerprint density at radius 3 is 2.38 bits per heavy atom. The molecule has 0 aromatic heterocycles. The van der Waals surface area contributed by atoms with Gasteiger partial charge in [-0.05, 0) is 36.6 Å². The van der Waals surface area contributed by atoms with Crippen LogP contribution in [0.2, 0.25) is 0 Å². The number of Topliss-reactive ketones (excluding diaryl/α,β-unsaturated/α-hetero) is 1. The SMILES string of the molecule is COc1ccccc1-c1cc(C(C)=O)cc(C(C)C)c1F. The fraction of sp³-hybridized carbons (Fsp3) is 0.278. The van der Waals surface area contributed by atoms with Gasteiger partial charge in [-0.2, -0.15) is 0 Å². The predicted molar refractivity (Wildman–Crippen MR) is 82.5 cm³/mol. The van der Waals surface area contributed by atoms with Crippen LogP contribution in [0.3, 0.4) is 0 Å². The summed E-state index contributed by atoms with van der Waals surface area (Å²) >= 11 is 0. The Bertz CT molecular complexity index is 675. The number of hydrogen-bond acceptors (Lipinski definition) is 2. The molecule has 0 atom stereocenters. The smallest absolute Gasteiger partial charge is 0.159 e. The van der Waals surface area contributed by atoms with E-state index >= 15 is 0 Å². The van der Waals surface area contributed by atoms with Gasteiger partial charge in [0.15, 0.2) is 5.78 Å².